The molecule has 2 aromatic carbocycles. The fourth-order valence-electron chi connectivity index (χ4n) is 2.73. The molecular formula is C21H21NO2S2. The van der Waals surface area contributed by atoms with Crippen LogP contribution in [0.25, 0.3) is 6.08 Å². The van der Waals surface area contributed by atoms with Gasteiger partial charge in [-0.2, -0.15) is 0 Å². The number of nitrogens with zero attached hydrogens (tertiary/aromatic N) is 1. The Morgan fingerprint density at radius 1 is 1.08 bits per heavy atom. The summed E-state index contributed by atoms with van der Waals surface area (Å²) in [6.45, 7) is 2.71. The number of hydrogen-bond donors (Lipinski definition) is 0. The first-order chi connectivity index (χ1) is 12.6. The van der Waals surface area contributed by atoms with E-state index in [0.29, 0.717) is 15.8 Å². The van der Waals surface area contributed by atoms with Crippen molar-refractivity contribution in [3.8, 4) is 5.75 Å². The van der Waals surface area contributed by atoms with Crippen LogP contribution in [-0.2, 0) is 17.6 Å². The van der Waals surface area contributed by atoms with E-state index in [9.17, 15) is 4.79 Å². The fourth-order valence-corrected chi connectivity index (χ4v) is 4.04. The van der Waals surface area contributed by atoms with Crippen LogP contribution in [0.4, 0.5) is 0 Å². The molecule has 0 bridgehead atoms. The largest absolute Gasteiger partial charge is 0.497 e. The number of carbonyl (C=O) groups is 1. The van der Waals surface area contributed by atoms with E-state index in [1.54, 1.807) is 12.0 Å². The van der Waals surface area contributed by atoms with Gasteiger partial charge in [0.15, 0.2) is 0 Å². The summed E-state index contributed by atoms with van der Waals surface area (Å²) in [6.07, 6.45) is 3.69. The molecule has 5 heteroatoms. The highest BCUT2D eigenvalue weighted by atomic mass is 32.2. The molecule has 3 rings (SSSR count). The molecule has 0 saturated carbocycles. The quantitative estimate of drug-likeness (QED) is 0.534. The maximum atomic E-state index is 12.7. The number of ether oxygens (including phenoxy) is 1. The molecule has 1 amide bonds. The molecule has 0 N–H and O–H groups in total. The van der Waals surface area contributed by atoms with Gasteiger partial charge in [-0.05, 0) is 47.7 Å². The van der Waals surface area contributed by atoms with Crippen molar-refractivity contribution in [3.05, 3.63) is 70.1 Å². The highest BCUT2D eigenvalue weighted by Gasteiger charge is 2.31. The molecule has 1 aliphatic rings. The molecule has 1 aliphatic heterocycles. The van der Waals surface area contributed by atoms with Crippen molar-refractivity contribution in [1.82, 2.24) is 4.90 Å². The number of thiocarbonyl (C=S) groups is 1. The van der Waals surface area contributed by atoms with Crippen LogP contribution in [0.5, 0.6) is 5.75 Å². The molecule has 0 atom stereocenters. The average molecular weight is 384 g/mol. The Balaban J connectivity index is 1.66. The van der Waals surface area contributed by atoms with Gasteiger partial charge in [0.05, 0.1) is 12.0 Å². The molecule has 0 spiro atoms. The maximum absolute atomic E-state index is 12.7. The summed E-state index contributed by atoms with van der Waals surface area (Å²) in [6, 6.07) is 16.2. The Morgan fingerprint density at radius 2 is 1.73 bits per heavy atom. The minimum Gasteiger partial charge on any atom is -0.497 e. The van der Waals surface area contributed by atoms with Crippen LogP contribution < -0.4 is 4.74 Å². The van der Waals surface area contributed by atoms with Crippen molar-refractivity contribution in [2.24, 2.45) is 0 Å². The summed E-state index contributed by atoms with van der Waals surface area (Å²) in [5, 5.41) is 0. The fraction of sp³-hybridized carbons (Fsp3) is 0.238. The molecule has 0 unspecified atom stereocenters. The molecule has 1 fully saturated rings. The van der Waals surface area contributed by atoms with E-state index in [1.165, 1.54) is 17.3 Å². The number of methoxy groups -OCH3 is 1. The monoisotopic (exact) mass is 383 g/mol. The molecule has 1 heterocycles. The Labute approximate surface area is 164 Å². The lowest BCUT2D eigenvalue weighted by molar-refractivity contribution is -0.122. The highest BCUT2D eigenvalue weighted by molar-refractivity contribution is 8.26. The van der Waals surface area contributed by atoms with Crippen LogP contribution in [0.2, 0.25) is 0 Å². The third kappa shape index (κ3) is 4.34. The van der Waals surface area contributed by atoms with Crippen molar-refractivity contribution in [2.75, 3.05) is 13.7 Å². The number of hydrogen-bond acceptors (Lipinski definition) is 4. The summed E-state index contributed by atoms with van der Waals surface area (Å²) in [4.78, 5) is 15.1. The van der Waals surface area contributed by atoms with Crippen molar-refractivity contribution in [3.63, 3.8) is 0 Å². The van der Waals surface area contributed by atoms with Crippen molar-refractivity contribution in [1.29, 1.82) is 0 Å². The number of aryl methyl sites for hydroxylation is 1. The zero-order valence-corrected chi connectivity index (χ0v) is 16.5. The number of thioether (sulfide) groups is 1. The van der Waals surface area contributed by atoms with Crippen molar-refractivity contribution in [2.45, 2.75) is 19.8 Å². The third-order valence-corrected chi connectivity index (χ3v) is 5.72. The van der Waals surface area contributed by atoms with Crippen molar-refractivity contribution < 1.29 is 9.53 Å². The topological polar surface area (TPSA) is 29.5 Å². The third-order valence-electron chi connectivity index (χ3n) is 4.34. The van der Waals surface area contributed by atoms with Crippen LogP contribution in [0, 0.1) is 0 Å². The predicted molar refractivity (Wildman–Crippen MR) is 112 cm³/mol. The number of amides is 1. The Bertz CT molecular complexity index is 826. The van der Waals surface area contributed by atoms with Gasteiger partial charge in [0.1, 0.15) is 10.1 Å². The van der Waals surface area contributed by atoms with Gasteiger partial charge in [-0.15, -0.1) is 0 Å². The number of rotatable bonds is 6. The molecule has 0 aromatic heterocycles. The van der Waals surface area contributed by atoms with Crippen LogP contribution in [0.15, 0.2) is 53.4 Å². The van der Waals surface area contributed by atoms with Gasteiger partial charge in [0, 0.05) is 6.54 Å². The summed E-state index contributed by atoms with van der Waals surface area (Å²) in [5.41, 5.74) is 3.46. The summed E-state index contributed by atoms with van der Waals surface area (Å²) in [5.74, 6) is 0.824. The molecule has 2 aromatic rings. The summed E-state index contributed by atoms with van der Waals surface area (Å²) in [7, 11) is 1.65. The van der Waals surface area contributed by atoms with E-state index in [2.05, 4.69) is 19.1 Å². The Morgan fingerprint density at radius 3 is 2.35 bits per heavy atom. The normalized spacial score (nSPS) is 15.8. The second-order valence-electron chi connectivity index (χ2n) is 6.03. The zero-order chi connectivity index (χ0) is 18.5. The van der Waals surface area contributed by atoms with E-state index >= 15 is 0 Å². The van der Waals surface area contributed by atoms with Crippen molar-refractivity contribution >= 4 is 40.3 Å². The Hall–Kier alpha value is -2.11. The predicted octanol–water partition coefficient (Wildman–Crippen LogP) is 4.70. The van der Waals surface area contributed by atoms with E-state index in [4.69, 9.17) is 17.0 Å². The highest BCUT2D eigenvalue weighted by Crippen LogP contribution is 2.32. The molecule has 134 valence electrons. The summed E-state index contributed by atoms with van der Waals surface area (Å²) >= 11 is 6.79. The van der Waals surface area contributed by atoms with E-state index < -0.39 is 0 Å². The lowest BCUT2D eigenvalue weighted by atomic mass is 10.1. The van der Waals surface area contributed by atoms with Crippen LogP contribution in [-0.4, -0.2) is 28.8 Å². The second-order valence-corrected chi connectivity index (χ2v) is 7.70. The minimum atomic E-state index is -0.00641. The van der Waals surface area contributed by atoms with E-state index in [-0.39, 0.29) is 5.91 Å². The first-order valence-electron chi connectivity index (χ1n) is 8.58. The van der Waals surface area contributed by atoms with Gasteiger partial charge < -0.3 is 4.74 Å². The standard InChI is InChI=1S/C21H21NO2S2/c1-3-15-4-6-17(7-5-15)14-19-20(23)22(21(25)26-19)13-12-16-8-10-18(24-2)11-9-16/h4-11,14H,3,12-13H2,1-2H3/b19-14-. The molecule has 1 saturated heterocycles. The van der Waals surface area contributed by atoms with E-state index in [0.717, 1.165) is 29.7 Å². The minimum absolute atomic E-state index is 0.00641. The Kier molecular flexibility index (Phi) is 6.12. The number of carbonyl (C=O) groups excluding carboxylic acids is 1. The maximum Gasteiger partial charge on any atom is 0.266 e. The molecular weight excluding hydrogens is 362 g/mol. The first kappa shape index (κ1) is 18.7. The van der Waals surface area contributed by atoms with Crippen LogP contribution in [0.3, 0.4) is 0 Å². The smallest absolute Gasteiger partial charge is 0.266 e. The van der Waals surface area contributed by atoms with Crippen LogP contribution >= 0.6 is 24.0 Å². The lowest BCUT2D eigenvalue weighted by Crippen LogP contribution is -2.30. The average Bonchev–Trinajstić information content (AvgIpc) is 2.94. The second kappa shape index (κ2) is 8.52. The zero-order valence-electron chi connectivity index (χ0n) is 14.9. The lowest BCUT2D eigenvalue weighted by Gasteiger charge is -2.14. The molecule has 26 heavy (non-hydrogen) atoms. The van der Waals surface area contributed by atoms with Gasteiger partial charge in [0.25, 0.3) is 5.91 Å². The van der Waals surface area contributed by atoms with Gasteiger partial charge in [-0.25, -0.2) is 0 Å². The number of benzene rings is 2. The molecule has 0 aliphatic carbocycles. The molecule has 3 nitrogen and oxygen atoms in total. The SMILES string of the molecule is CCc1ccc(/C=C2\SC(=S)N(CCc3ccc(OC)cc3)C2=O)cc1. The first-order valence-corrected chi connectivity index (χ1v) is 9.80. The van der Waals surface area contributed by atoms with Gasteiger partial charge >= 0.3 is 0 Å². The summed E-state index contributed by atoms with van der Waals surface area (Å²) < 4.78 is 5.80. The molecule has 0 radical (unpaired) electrons. The van der Waals surface area contributed by atoms with Gasteiger partial charge in [-0.1, -0.05) is 67.3 Å². The van der Waals surface area contributed by atoms with E-state index in [1.807, 2.05) is 42.5 Å². The van der Waals surface area contributed by atoms with Crippen LogP contribution in [0.1, 0.15) is 23.6 Å². The van der Waals surface area contributed by atoms with Gasteiger partial charge in [-0.3, -0.25) is 9.69 Å². The van der Waals surface area contributed by atoms with Gasteiger partial charge in [0.2, 0.25) is 0 Å².